The van der Waals surface area contributed by atoms with Gasteiger partial charge in [0.2, 0.25) is 0 Å². The van der Waals surface area contributed by atoms with Crippen molar-refractivity contribution in [2.24, 2.45) is 0 Å². The van der Waals surface area contributed by atoms with E-state index in [1.54, 1.807) is 12.1 Å². The van der Waals surface area contributed by atoms with E-state index in [9.17, 15) is 4.39 Å². The first-order valence-corrected chi connectivity index (χ1v) is 7.62. The number of nitrogens with one attached hydrogen (secondary N) is 1. The first kappa shape index (κ1) is 19.8. The second kappa shape index (κ2) is 8.53. The van der Waals surface area contributed by atoms with Crippen molar-refractivity contribution < 1.29 is 9.13 Å². The Hall–Kier alpha value is -1.29. The van der Waals surface area contributed by atoms with Gasteiger partial charge in [0.25, 0.3) is 0 Å². The summed E-state index contributed by atoms with van der Waals surface area (Å²) in [6.07, 6.45) is 0. The van der Waals surface area contributed by atoms with Gasteiger partial charge in [0.05, 0.1) is 0 Å². The maximum atomic E-state index is 12.9. The van der Waals surface area contributed by atoms with Crippen molar-refractivity contribution in [2.45, 2.75) is 39.5 Å². The van der Waals surface area contributed by atoms with E-state index in [0.717, 1.165) is 16.9 Å². The molecule has 0 radical (unpaired) electrons. The van der Waals surface area contributed by atoms with Crippen LogP contribution in [0.5, 0.6) is 5.75 Å². The lowest BCUT2D eigenvalue weighted by Crippen LogP contribution is -2.35. The summed E-state index contributed by atoms with van der Waals surface area (Å²) in [6.45, 7) is 7.39. The van der Waals surface area contributed by atoms with Gasteiger partial charge in [0.15, 0.2) is 0 Å². The Morgan fingerprint density at radius 2 is 1.74 bits per heavy atom. The predicted molar refractivity (Wildman–Crippen MR) is 96.0 cm³/mol. The highest BCUT2D eigenvalue weighted by Crippen LogP contribution is 2.24. The molecule has 126 valence electrons. The van der Waals surface area contributed by atoms with E-state index in [-0.39, 0.29) is 23.8 Å². The van der Waals surface area contributed by atoms with E-state index in [1.807, 2.05) is 18.2 Å². The molecule has 0 aliphatic heterocycles. The van der Waals surface area contributed by atoms with Gasteiger partial charge in [-0.25, -0.2) is 4.39 Å². The SMILES string of the molecule is CC(C)(C)NCc1cc(Cl)ccc1OCc1ccc(F)cc1.Cl. The molecule has 0 saturated carbocycles. The van der Waals surface area contributed by atoms with Crippen molar-refractivity contribution in [1.82, 2.24) is 5.32 Å². The Labute approximate surface area is 148 Å². The van der Waals surface area contributed by atoms with Crippen molar-refractivity contribution in [2.75, 3.05) is 0 Å². The fourth-order valence-electron chi connectivity index (χ4n) is 1.93. The van der Waals surface area contributed by atoms with Gasteiger partial charge >= 0.3 is 0 Å². The minimum Gasteiger partial charge on any atom is -0.489 e. The lowest BCUT2D eigenvalue weighted by atomic mass is 10.1. The number of hydrogen-bond donors (Lipinski definition) is 1. The average Bonchev–Trinajstić information content (AvgIpc) is 2.45. The summed E-state index contributed by atoms with van der Waals surface area (Å²) < 4.78 is 18.8. The average molecular weight is 358 g/mol. The fourth-order valence-corrected chi connectivity index (χ4v) is 2.12. The molecule has 0 unspecified atom stereocenters. The van der Waals surface area contributed by atoms with Crippen molar-refractivity contribution in [1.29, 1.82) is 0 Å². The zero-order valence-corrected chi connectivity index (χ0v) is 15.1. The molecule has 0 saturated heterocycles. The number of benzene rings is 2. The number of halogens is 3. The molecule has 0 atom stereocenters. The number of rotatable bonds is 5. The third kappa shape index (κ3) is 6.78. The highest BCUT2D eigenvalue weighted by atomic mass is 35.5. The van der Waals surface area contributed by atoms with E-state index in [1.165, 1.54) is 12.1 Å². The molecule has 1 N–H and O–H groups in total. The minimum absolute atomic E-state index is 0. The molecule has 0 bridgehead atoms. The van der Waals surface area contributed by atoms with Gasteiger partial charge in [-0.15, -0.1) is 12.4 Å². The van der Waals surface area contributed by atoms with Crippen LogP contribution in [0, 0.1) is 5.82 Å². The maximum Gasteiger partial charge on any atom is 0.124 e. The van der Waals surface area contributed by atoms with Crippen LogP contribution in [0.4, 0.5) is 4.39 Å². The summed E-state index contributed by atoms with van der Waals surface area (Å²) in [6, 6.07) is 11.9. The van der Waals surface area contributed by atoms with Gasteiger partial charge in [0, 0.05) is 22.7 Å². The molecule has 0 amide bonds. The second-order valence-electron chi connectivity index (χ2n) is 6.27. The zero-order valence-electron chi connectivity index (χ0n) is 13.5. The van der Waals surface area contributed by atoms with Crippen LogP contribution in [0.2, 0.25) is 5.02 Å². The summed E-state index contributed by atoms with van der Waals surface area (Å²) in [4.78, 5) is 0. The Kier molecular flexibility index (Phi) is 7.33. The van der Waals surface area contributed by atoms with E-state index >= 15 is 0 Å². The first-order chi connectivity index (χ1) is 10.3. The topological polar surface area (TPSA) is 21.3 Å². The van der Waals surface area contributed by atoms with Crippen LogP contribution in [-0.2, 0) is 13.2 Å². The van der Waals surface area contributed by atoms with Crippen molar-refractivity contribution in [3.8, 4) is 5.75 Å². The number of ether oxygens (including phenoxy) is 1. The van der Waals surface area contributed by atoms with Crippen LogP contribution >= 0.6 is 24.0 Å². The summed E-state index contributed by atoms with van der Waals surface area (Å²) in [7, 11) is 0. The van der Waals surface area contributed by atoms with E-state index in [0.29, 0.717) is 18.2 Å². The summed E-state index contributed by atoms with van der Waals surface area (Å²) in [5, 5.41) is 4.10. The molecule has 0 spiro atoms. The van der Waals surface area contributed by atoms with E-state index in [4.69, 9.17) is 16.3 Å². The Balaban J connectivity index is 0.00000264. The fraction of sp³-hybridized carbons (Fsp3) is 0.333. The summed E-state index contributed by atoms with van der Waals surface area (Å²) >= 11 is 6.08. The van der Waals surface area contributed by atoms with Crippen molar-refractivity contribution in [3.05, 3.63) is 64.4 Å². The first-order valence-electron chi connectivity index (χ1n) is 7.24. The summed E-state index contributed by atoms with van der Waals surface area (Å²) in [5.41, 5.74) is 1.94. The Morgan fingerprint density at radius 1 is 1.09 bits per heavy atom. The normalized spacial score (nSPS) is 11.0. The molecule has 2 aromatic rings. The number of hydrogen-bond acceptors (Lipinski definition) is 2. The molecular weight excluding hydrogens is 336 g/mol. The molecule has 0 heterocycles. The summed E-state index contributed by atoms with van der Waals surface area (Å²) in [5.74, 6) is 0.538. The van der Waals surface area contributed by atoms with Gasteiger partial charge in [0.1, 0.15) is 18.2 Å². The predicted octanol–water partition coefficient (Wildman–Crippen LogP) is 5.37. The lowest BCUT2D eigenvalue weighted by molar-refractivity contribution is 0.300. The van der Waals surface area contributed by atoms with Crippen LogP contribution in [0.15, 0.2) is 42.5 Å². The molecule has 0 aliphatic carbocycles. The van der Waals surface area contributed by atoms with Crippen LogP contribution in [0.1, 0.15) is 31.9 Å². The zero-order chi connectivity index (χ0) is 16.2. The quantitative estimate of drug-likeness (QED) is 0.776. The van der Waals surface area contributed by atoms with Crippen LogP contribution < -0.4 is 10.1 Å². The molecule has 5 heteroatoms. The van der Waals surface area contributed by atoms with Crippen LogP contribution in [0.25, 0.3) is 0 Å². The Morgan fingerprint density at radius 3 is 2.35 bits per heavy atom. The highest BCUT2D eigenvalue weighted by molar-refractivity contribution is 6.30. The monoisotopic (exact) mass is 357 g/mol. The molecule has 2 rings (SSSR count). The van der Waals surface area contributed by atoms with Gasteiger partial charge in [-0.05, 0) is 56.7 Å². The highest BCUT2D eigenvalue weighted by Gasteiger charge is 2.11. The van der Waals surface area contributed by atoms with E-state index < -0.39 is 0 Å². The third-order valence-corrected chi connectivity index (χ3v) is 3.37. The van der Waals surface area contributed by atoms with Crippen molar-refractivity contribution in [3.63, 3.8) is 0 Å². The minimum atomic E-state index is -0.245. The van der Waals surface area contributed by atoms with Gasteiger partial charge in [-0.3, -0.25) is 0 Å². The molecule has 0 fully saturated rings. The molecule has 2 aromatic carbocycles. The van der Waals surface area contributed by atoms with Crippen molar-refractivity contribution >= 4 is 24.0 Å². The molecule has 0 aromatic heterocycles. The third-order valence-electron chi connectivity index (χ3n) is 3.14. The molecule has 2 nitrogen and oxygen atoms in total. The Bertz CT molecular complexity index is 624. The smallest absolute Gasteiger partial charge is 0.124 e. The van der Waals surface area contributed by atoms with Gasteiger partial charge in [-0.1, -0.05) is 23.7 Å². The standard InChI is InChI=1S/C18H21ClFNO.ClH/c1-18(2,3)21-11-14-10-15(19)6-9-17(14)22-12-13-4-7-16(20)8-5-13;/h4-10,21H,11-12H2,1-3H3;1H. The van der Waals surface area contributed by atoms with Gasteiger partial charge in [-0.2, -0.15) is 0 Å². The van der Waals surface area contributed by atoms with E-state index in [2.05, 4.69) is 26.1 Å². The molecular formula is C18H22Cl2FNO. The largest absolute Gasteiger partial charge is 0.489 e. The van der Waals surface area contributed by atoms with Gasteiger partial charge < -0.3 is 10.1 Å². The molecule has 0 aliphatic rings. The maximum absolute atomic E-state index is 12.9. The van der Waals surface area contributed by atoms with Crippen LogP contribution in [0.3, 0.4) is 0 Å². The molecule has 23 heavy (non-hydrogen) atoms. The van der Waals surface area contributed by atoms with Crippen LogP contribution in [-0.4, -0.2) is 5.54 Å². The lowest BCUT2D eigenvalue weighted by Gasteiger charge is -2.22. The second-order valence-corrected chi connectivity index (χ2v) is 6.71.